The number of imidazole rings is 1. The lowest BCUT2D eigenvalue weighted by molar-refractivity contribution is 0.0870. The second-order valence-corrected chi connectivity index (χ2v) is 4.63. The van der Waals surface area contributed by atoms with Crippen LogP contribution in [0.15, 0.2) is 18.7 Å². The maximum absolute atomic E-state index is 5.48. The van der Waals surface area contributed by atoms with E-state index in [1.807, 2.05) is 20.8 Å². The molecule has 2 aromatic heterocycles. The molecular weight excluding hydrogens is 270 g/mol. The van der Waals surface area contributed by atoms with Crippen molar-refractivity contribution in [1.29, 1.82) is 0 Å². The molecule has 8 heteroatoms. The molecular formula is C13H21N7O. The van der Waals surface area contributed by atoms with Gasteiger partial charge in [-0.05, 0) is 20.8 Å². The van der Waals surface area contributed by atoms with Crippen molar-refractivity contribution in [3.63, 3.8) is 0 Å². The van der Waals surface area contributed by atoms with Crippen molar-refractivity contribution in [1.82, 2.24) is 24.5 Å². The van der Waals surface area contributed by atoms with Crippen LogP contribution in [0.1, 0.15) is 20.8 Å². The van der Waals surface area contributed by atoms with Crippen molar-refractivity contribution in [3.8, 4) is 5.95 Å². The molecule has 8 nitrogen and oxygen atoms in total. The first-order chi connectivity index (χ1) is 10.2. The minimum atomic E-state index is 0.212. The van der Waals surface area contributed by atoms with Crippen LogP contribution < -0.4 is 10.6 Å². The van der Waals surface area contributed by atoms with E-state index in [1.165, 1.54) is 0 Å². The van der Waals surface area contributed by atoms with Crippen molar-refractivity contribution >= 4 is 11.9 Å². The van der Waals surface area contributed by atoms with Gasteiger partial charge in [-0.15, -0.1) is 0 Å². The highest BCUT2D eigenvalue weighted by Crippen LogP contribution is 2.08. The standard InChI is InChI=1S/C13H21N7O/c1-4-15-11-17-12(16-6-8-21-10(2)3)19-13(18-11)20-7-5-14-9-20/h5,7,9-10H,4,6,8H2,1-3H3,(H2,15,16,17,18,19). The Balaban J connectivity index is 2.08. The number of ether oxygens (including phenoxy) is 1. The molecule has 0 aliphatic rings. The molecule has 2 N–H and O–H groups in total. The number of hydrogen-bond donors (Lipinski definition) is 2. The van der Waals surface area contributed by atoms with Crippen LogP contribution in [0, 0.1) is 0 Å². The zero-order valence-electron chi connectivity index (χ0n) is 12.6. The largest absolute Gasteiger partial charge is 0.377 e. The molecule has 0 aromatic carbocycles. The van der Waals surface area contributed by atoms with E-state index in [-0.39, 0.29) is 6.10 Å². The summed E-state index contributed by atoms with van der Waals surface area (Å²) in [4.78, 5) is 17.0. The average Bonchev–Trinajstić information content (AvgIpc) is 2.98. The Morgan fingerprint density at radius 2 is 1.95 bits per heavy atom. The Morgan fingerprint density at radius 1 is 1.19 bits per heavy atom. The van der Waals surface area contributed by atoms with Gasteiger partial charge in [0, 0.05) is 25.5 Å². The van der Waals surface area contributed by atoms with Crippen molar-refractivity contribution in [2.75, 3.05) is 30.3 Å². The molecule has 0 saturated carbocycles. The lowest BCUT2D eigenvalue weighted by Crippen LogP contribution is -2.16. The van der Waals surface area contributed by atoms with E-state index < -0.39 is 0 Å². The van der Waals surface area contributed by atoms with E-state index in [2.05, 4.69) is 30.6 Å². The lowest BCUT2D eigenvalue weighted by Gasteiger charge is -2.11. The number of nitrogens with one attached hydrogen (secondary N) is 2. The summed E-state index contributed by atoms with van der Waals surface area (Å²) in [5.74, 6) is 1.56. The number of nitrogens with zero attached hydrogens (tertiary/aromatic N) is 5. The van der Waals surface area contributed by atoms with Crippen molar-refractivity contribution < 1.29 is 4.74 Å². The first-order valence-electron chi connectivity index (χ1n) is 7.02. The third-order valence-corrected chi connectivity index (χ3v) is 2.53. The molecule has 0 fully saturated rings. The van der Waals surface area contributed by atoms with Gasteiger partial charge in [-0.3, -0.25) is 4.57 Å². The minimum absolute atomic E-state index is 0.212. The number of aromatic nitrogens is 5. The predicted molar refractivity (Wildman–Crippen MR) is 80.7 cm³/mol. The molecule has 114 valence electrons. The molecule has 0 aliphatic carbocycles. The van der Waals surface area contributed by atoms with Crippen molar-refractivity contribution in [2.45, 2.75) is 26.9 Å². The van der Waals surface area contributed by atoms with Gasteiger partial charge < -0.3 is 15.4 Å². The molecule has 0 unspecified atom stereocenters. The van der Waals surface area contributed by atoms with Crippen LogP contribution in [0.3, 0.4) is 0 Å². The second kappa shape index (κ2) is 7.53. The zero-order chi connectivity index (χ0) is 15.1. The highest BCUT2D eigenvalue weighted by atomic mass is 16.5. The van der Waals surface area contributed by atoms with Crippen LogP contribution in [0.5, 0.6) is 0 Å². The summed E-state index contributed by atoms with van der Waals surface area (Å²) in [7, 11) is 0. The molecule has 0 amide bonds. The normalized spacial score (nSPS) is 10.9. The molecule has 0 saturated heterocycles. The summed E-state index contributed by atoms with van der Waals surface area (Å²) in [6, 6.07) is 0. The van der Waals surface area contributed by atoms with Crippen LogP contribution in [-0.4, -0.2) is 50.3 Å². The van der Waals surface area contributed by atoms with Gasteiger partial charge in [-0.25, -0.2) is 4.98 Å². The molecule has 0 spiro atoms. The Labute approximate surface area is 124 Å². The van der Waals surface area contributed by atoms with E-state index in [9.17, 15) is 0 Å². The fourth-order valence-corrected chi connectivity index (χ4v) is 1.63. The monoisotopic (exact) mass is 291 g/mol. The van der Waals surface area contributed by atoms with Gasteiger partial charge in [0.1, 0.15) is 6.33 Å². The molecule has 0 atom stereocenters. The van der Waals surface area contributed by atoms with Gasteiger partial charge in [-0.1, -0.05) is 0 Å². The van der Waals surface area contributed by atoms with E-state index in [0.29, 0.717) is 31.0 Å². The molecule has 21 heavy (non-hydrogen) atoms. The first-order valence-corrected chi connectivity index (χ1v) is 7.02. The smallest absolute Gasteiger partial charge is 0.241 e. The Bertz CT molecular complexity index is 541. The van der Waals surface area contributed by atoms with Gasteiger partial charge in [0.15, 0.2) is 0 Å². The number of rotatable bonds is 8. The average molecular weight is 291 g/mol. The molecule has 0 aliphatic heterocycles. The highest BCUT2D eigenvalue weighted by molar-refractivity contribution is 5.37. The van der Waals surface area contributed by atoms with Crippen LogP contribution in [0.2, 0.25) is 0 Å². The lowest BCUT2D eigenvalue weighted by atomic mass is 10.5. The maximum Gasteiger partial charge on any atom is 0.241 e. The van der Waals surface area contributed by atoms with Gasteiger partial charge in [-0.2, -0.15) is 15.0 Å². The highest BCUT2D eigenvalue weighted by Gasteiger charge is 2.07. The number of anilines is 2. The third-order valence-electron chi connectivity index (χ3n) is 2.53. The molecule has 0 radical (unpaired) electrons. The second-order valence-electron chi connectivity index (χ2n) is 4.63. The number of hydrogen-bond acceptors (Lipinski definition) is 7. The third kappa shape index (κ3) is 4.67. The topological polar surface area (TPSA) is 89.8 Å². The Hall–Kier alpha value is -2.22. The summed E-state index contributed by atoms with van der Waals surface area (Å²) in [5.41, 5.74) is 0. The summed E-state index contributed by atoms with van der Waals surface area (Å²) >= 11 is 0. The van der Waals surface area contributed by atoms with Crippen molar-refractivity contribution in [3.05, 3.63) is 18.7 Å². The van der Waals surface area contributed by atoms with Gasteiger partial charge in [0.05, 0.1) is 12.7 Å². The summed E-state index contributed by atoms with van der Waals surface area (Å²) < 4.78 is 7.21. The SMILES string of the molecule is CCNc1nc(NCCOC(C)C)nc(-n2ccnc2)n1. The van der Waals surface area contributed by atoms with E-state index in [1.54, 1.807) is 23.3 Å². The quantitative estimate of drug-likeness (QED) is 0.709. The molecule has 0 bridgehead atoms. The van der Waals surface area contributed by atoms with Gasteiger partial charge >= 0.3 is 0 Å². The summed E-state index contributed by atoms with van der Waals surface area (Å²) in [5, 5.41) is 6.23. The van der Waals surface area contributed by atoms with E-state index in [0.717, 1.165) is 6.54 Å². The van der Waals surface area contributed by atoms with Crippen molar-refractivity contribution in [2.24, 2.45) is 0 Å². The fourth-order valence-electron chi connectivity index (χ4n) is 1.63. The van der Waals surface area contributed by atoms with Gasteiger partial charge in [0.2, 0.25) is 17.8 Å². The van der Waals surface area contributed by atoms with Gasteiger partial charge in [0.25, 0.3) is 0 Å². The first kappa shape index (κ1) is 15.2. The maximum atomic E-state index is 5.48. The Morgan fingerprint density at radius 3 is 2.57 bits per heavy atom. The Kier molecular flexibility index (Phi) is 5.44. The van der Waals surface area contributed by atoms with E-state index >= 15 is 0 Å². The zero-order valence-corrected chi connectivity index (χ0v) is 12.6. The molecule has 2 aromatic rings. The van der Waals surface area contributed by atoms with Crippen LogP contribution in [0.25, 0.3) is 5.95 Å². The predicted octanol–water partition coefficient (Wildman–Crippen LogP) is 1.33. The van der Waals surface area contributed by atoms with E-state index in [4.69, 9.17) is 4.74 Å². The van der Waals surface area contributed by atoms with Crippen LogP contribution in [-0.2, 0) is 4.74 Å². The molecule has 2 rings (SSSR count). The van der Waals surface area contributed by atoms with Crippen LogP contribution in [0.4, 0.5) is 11.9 Å². The molecule has 2 heterocycles. The summed E-state index contributed by atoms with van der Waals surface area (Å²) in [6.07, 6.45) is 5.33. The summed E-state index contributed by atoms with van der Waals surface area (Å²) in [6.45, 7) is 7.97. The van der Waals surface area contributed by atoms with Crippen LogP contribution >= 0.6 is 0 Å². The minimum Gasteiger partial charge on any atom is -0.377 e. The fraction of sp³-hybridized carbons (Fsp3) is 0.538.